The summed E-state index contributed by atoms with van der Waals surface area (Å²) in [4.78, 5) is 3.99. The van der Waals surface area contributed by atoms with Crippen LogP contribution in [0.5, 0.6) is 0 Å². The Morgan fingerprint density at radius 1 is 1.70 bits per heavy atom. The van der Waals surface area contributed by atoms with Crippen LogP contribution in [0.4, 0.5) is 0 Å². The number of nitrogens with zero attached hydrogens (tertiary/aromatic N) is 3. The van der Waals surface area contributed by atoms with Crippen molar-refractivity contribution in [2.75, 3.05) is 13.6 Å². The third-order valence-corrected chi connectivity index (χ3v) is 1.24. The van der Waals surface area contributed by atoms with Gasteiger partial charge in [0.2, 0.25) is 0 Å². The van der Waals surface area contributed by atoms with E-state index in [9.17, 15) is 0 Å². The Morgan fingerprint density at radius 2 is 2.50 bits per heavy atom. The Balaban J connectivity index is 2.42. The topological polar surface area (TPSA) is 42.7 Å². The Morgan fingerprint density at radius 3 is 3.00 bits per heavy atom. The molecule has 1 aromatic rings. The largest absolute Gasteiger partial charge is 0.318 e. The number of nitrogens with one attached hydrogen (secondary N) is 1. The van der Waals surface area contributed by atoms with E-state index in [0.717, 1.165) is 18.9 Å². The van der Waals surface area contributed by atoms with Crippen molar-refractivity contribution in [1.29, 1.82) is 0 Å². The summed E-state index contributed by atoms with van der Waals surface area (Å²) < 4.78 is 1.83. The van der Waals surface area contributed by atoms with E-state index in [1.54, 1.807) is 6.33 Å². The number of rotatable bonds is 3. The van der Waals surface area contributed by atoms with Gasteiger partial charge in [0, 0.05) is 6.54 Å². The first kappa shape index (κ1) is 7.21. The molecular weight excluding hydrogens is 128 g/mol. The van der Waals surface area contributed by atoms with E-state index in [0.29, 0.717) is 0 Å². The lowest BCUT2D eigenvalue weighted by Crippen LogP contribution is -2.15. The number of aryl methyl sites for hydroxylation is 1. The Labute approximate surface area is 60.3 Å². The van der Waals surface area contributed by atoms with Gasteiger partial charge in [0.1, 0.15) is 12.2 Å². The van der Waals surface area contributed by atoms with E-state index in [2.05, 4.69) is 15.4 Å². The van der Waals surface area contributed by atoms with E-state index in [1.807, 2.05) is 18.7 Å². The lowest BCUT2D eigenvalue weighted by atomic mass is 10.6. The molecule has 4 heteroatoms. The van der Waals surface area contributed by atoms with Crippen LogP contribution in [0.15, 0.2) is 6.33 Å². The predicted octanol–water partition coefficient (Wildman–Crippen LogP) is -0.194. The molecule has 1 aromatic heterocycles. The van der Waals surface area contributed by atoms with Crippen LogP contribution in [-0.2, 0) is 6.54 Å². The molecule has 0 aliphatic rings. The van der Waals surface area contributed by atoms with Gasteiger partial charge >= 0.3 is 0 Å². The summed E-state index contributed by atoms with van der Waals surface area (Å²) in [5.41, 5.74) is 0. The molecule has 0 aromatic carbocycles. The van der Waals surface area contributed by atoms with Gasteiger partial charge in [-0.25, -0.2) is 4.98 Å². The van der Waals surface area contributed by atoms with E-state index < -0.39 is 0 Å². The lowest BCUT2D eigenvalue weighted by molar-refractivity contribution is 0.580. The molecule has 0 amide bonds. The summed E-state index contributed by atoms with van der Waals surface area (Å²) in [6.45, 7) is 3.70. The highest BCUT2D eigenvalue weighted by atomic mass is 15.3. The molecule has 0 fully saturated rings. The van der Waals surface area contributed by atoms with Gasteiger partial charge in [-0.2, -0.15) is 5.10 Å². The zero-order valence-corrected chi connectivity index (χ0v) is 6.33. The van der Waals surface area contributed by atoms with E-state index in [-0.39, 0.29) is 0 Å². The quantitative estimate of drug-likeness (QED) is 0.632. The highest BCUT2D eigenvalue weighted by molar-refractivity contribution is 4.74. The van der Waals surface area contributed by atoms with Gasteiger partial charge in [0.25, 0.3) is 0 Å². The van der Waals surface area contributed by atoms with Gasteiger partial charge in [-0.15, -0.1) is 0 Å². The first-order chi connectivity index (χ1) is 4.83. The second-order valence-electron chi connectivity index (χ2n) is 2.16. The van der Waals surface area contributed by atoms with Crippen LogP contribution in [0.3, 0.4) is 0 Å². The van der Waals surface area contributed by atoms with Crippen LogP contribution in [0.1, 0.15) is 5.82 Å². The minimum absolute atomic E-state index is 0.830. The van der Waals surface area contributed by atoms with Gasteiger partial charge in [0.15, 0.2) is 0 Å². The number of hydrogen-bond acceptors (Lipinski definition) is 3. The van der Waals surface area contributed by atoms with Crippen molar-refractivity contribution < 1.29 is 0 Å². The normalized spacial score (nSPS) is 10.2. The minimum Gasteiger partial charge on any atom is -0.318 e. The Hall–Kier alpha value is -0.900. The molecule has 4 nitrogen and oxygen atoms in total. The number of likely N-dealkylation sites (N-methyl/N-ethyl adjacent to an activating group) is 1. The molecule has 1 rings (SSSR count). The highest BCUT2D eigenvalue weighted by Gasteiger charge is 1.91. The standard InChI is InChI=1S/C6H12N4/c1-6-8-5-10(9-6)4-3-7-2/h5,7H,3-4H2,1-2H3. The van der Waals surface area contributed by atoms with Crippen LogP contribution in [0.2, 0.25) is 0 Å². The summed E-state index contributed by atoms with van der Waals surface area (Å²) in [6.07, 6.45) is 1.74. The molecule has 0 unspecified atom stereocenters. The fourth-order valence-electron chi connectivity index (χ4n) is 0.722. The molecule has 0 aliphatic carbocycles. The average molecular weight is 140 g/mol. The van der Waals surface area contributed by atoms with Crippen molar-refractivity contribution in [3.63, 3.8) is 0 Å². The maximum absolute atomic E-state index is 4.11. The molecule has 0 saturated heterocycles. The molecule has 0 saturated carbocycles. The highest BCUT2D eigenvalue weighted by Crippen LogP contribution is 1.84. The van der Waals surface area contributed by atoms with Crippen molar-refractivity contribution >= 4 is 0 Å². The fourth-order valence-corrected chi connectivity index (χ4v) is 0.722. The van der Waals surface area contributed by atoms with Crippen molar-refractivity contribution in [3.05, 3.63) is 12.2 Å². The van der Waals surface area contributed by atoms with Crippen LogP contribution in [0.25, 0.3) is 0 Å². The summed E-state index contributed by atoms with van der Waals surface area (Å²) in [5.74, 6) is 0.830. The molecule has 0 aliphatic heterocycles. The summed E-state index contributed by atoms with van der Waals surface area (Å²) in [7, 11) is 1.92. The van der Waals surface area contributed by atoms with E-state index >= 15 is 0 Å². The van der Waals surface area contributed by atoms with Gasteiger partial charge in [-0.3, -0.25) is 4.68 Å². The van der Waals surface area contributed by atoms with Crippen molar-refractivity contribution in [2.45, 2.75) is 13.5 Å². The predicted molar refractivity (Wildman–Crippen MR) is 38.7 cm³/mol. The van der Waals surface area contributed by atoms with E-state index in [4.69, 9.17) is 0 Å². The molecule has 0 atom stereocenters. The summed E-state index contributed by atoms with van der Waals surface area (Å²) >= 11 is 0. The number of hydrogen-bond donors (Lipinski definition) is 1. The average Bonchev–Trinajstić information content (AvgIpc) is 2.31. The van der Waals surface area contributed by atoms with Crippen molar-refractivity contribution in [3.8, 4) is 0 Å². The molecule has 1 heterocycles. The molecule has 56 valence electrons. The number of aromatic nitrogens is 3. The molecule has 0 radical (unpaired) electrons. The van der Waals surface area contributed by atoms with Gasteiger partial charge in [-0.1, -0.05) is 0 Å². The second-order valence-corrected chi connectivity index (χ2v) is 2.16. The summed E-state index contributed by atoms with van der Waals surface area (Å²) in [6, 6.07) is 0. The van der Waals surface area contributed by atoms with Gasteiger partial charge in [-0.05, 0) is 14.0 Å². The second kappa shape index (κ2) is 3.31. The maximum atomic E-state index is 4.11. The Bertz CT molecular complexity index is 193. The van der Waals surface area contributed by atoms with Crippen LogP contribution in [-0.4, -0.2) is 28.4 Å². The van der Waals surface area contributed by atoms with Crippen LogP contribution < -0.4 is 5.32 Å². The maximum Gasteiger partial charge on any atom is 0.147 e. The first-order valence-electron chi connectivity index (χ1n) is 3.33. The van der Waals surface area contributed by atoms with E-state index in [1.165, 1.54) is 0 Å². The monoisotopic (exact) mass is 140 g/mol. The molecule has 1 N–H and O–H groups in total. The van der Waals surface area contributed by atoms with Crippen LogP contribution >= 0.6 is 0 Å². The van der Waals surface area contributed by atoms with Crippen molar-refractivity contribution in [1.82, 2.24) is 20.1 Å². The molecule has 0 spiro atoms. The molecular formula is C6H12N4. The zero-order chi connectivity index (χ0) is 7.40. The lowest BCUT2D eigenvalue weighted by Gasteiger charge is -1.96. The Kier molecular flexibility index (Phi) is 2.39. The SMILES string of the molecule is CNCCn1cnc(C)n1. The minimum atomic E-state index is 0.830. The van der Waals surface area contributed by atoms with Gasteiger partial charge in [0.05, 0.1) is 6.54 Å². The fraction of sp³-hybridized carbons (Fsp3) is 0.667. The zero-order valence-electron chi connectivity index (χ0n) is 6.33. The smallest absolute Gasteiger partial charge is 0.147 e. The summed E-state index contributed by atoms with van der Waals surface area (Å²) in [5, 5.41) is 7.15. The van der Waals surface area contributed by atoms with Crippen molar-refractivity contribution in [2.24, 2.45) is 0 Å². The third-order valence-electron chi connectivity index (χ3n) is 1.24. The molecule has 0 bridgehead atoms. The van der Waals surface area contributed by atoms with Gasteiger partial charge < -0.3 is 5.32 Å². The first-order valence-corrected chi connectivity index (χ1v) is 3.33. The van der Waals surface area contributed by atoms with Crippen LogP contribution in [0, 0.1) is 6.92 Å². The molecule has 10 heavy (non-hydrogen) atoms. The third kappa shape index (κ3) is 1.80.